The van der Waals surface area contributed by atoms with Crippen molar-refractivity contribution in [3.05, 3.63) is 88.4 Å². The lowest BCUT2D eigenvalue weighted by Crippen LogP contribution is -2.18. The van der Waals surface area contributed by atoms with Crippen molar-refractivity contribution in [2.45, 2.75) is 25.6 Å². The van der Waals surface area contributed by atoms with E-state index >= 15 is 0 Å². The van der Waals surface area contributed by atoms with Crippen LogP contribution in [0.25, 0.3) is 28.1 Å². The van der Waals surface area contributed by atoms with E-state index in [1.165, 1.54) is 12.3 Å². The number of halogens is 3. The first-order valence-electron chi connectivity index (χ1n) is 11.7. The molecule has 0 saturated carbocycles. The van der Waals surface area contributed by atoms with Gasteiger partial charge in [0.25, 0.3) is 5.56 Å². The summed E-state index contributed by atoms with van der Waals surface area (Å²) in [6.45, 7) is -0.166. The first-order valence-corrected chi connectivity index (χ1v) is 11.7. The molecule has 0 aliphatic rings. The number of nitrogens with zero attached hydrogens (tertiary/aromatic N) is 3. The summed E-state index contributed by atoms with van der Waals surface area (Å²) in [5.41, 5.74) is 9.94. The fraction of sp³-hybridized carbons (Fsp3) is 0.192. The molecule has 3 heterocycles. The van der Waals surface area contributed by atoms with Crippen molar-refractivity contribution < 1.29 is 23.0 Å². The van der Waals surface area contributed by atoms with Crippen LogP contribution in [-0.4, -0.2) is 42.6 Å². The first kappa shape index (κ1) is 25.1. The number of benzene rings is 2. The molecule has 0 radical (unpaired) electrons. The lowest BCUT2D eigenvalue weighted by molar-refractivity contribution is -0.274. The van der Waals surface area contributed by atoms with Gasteiger partial charge in [0.1, 0.15) is 17.1 Å². The monoisotopic (exact) mass is 524 g/mol. The molecule has 0 spiro atoms. The van der Waals surface area contributed by atoms with Crippen LogP contribution in [0.1, 0.15) is 23.1 Å². The van der Waals surface area contributed by atoms with Crippen LogP contribution < -0.4 is 16.0 Å². The second kappa shape index (κ2) is 10.1. The third-order valence-corrected chi connectivity index (χ3v) is 6.03. The fourth-order valence-electron chi connectivity index (χ4n) is 4.38. The van der Waals surface area contributed by atoms with Gasteiger partial charge >= 0.3 is 6.36 Å². The molecule has 0 aliphatic carbocycles. The number of nitrogen functional groups attached to an aromatic ring is 1. The Kier molecular flexibility index (Phi) is 6.64. The highest BCUT2D eigenvalue weighted by atomic mass is 19.4. The summed E-state index contributed by atoms with van der Waals surface area (Å²) in [5.74, 6) is -0.00575. The van der Waals surface area contributed by atoms with E-state index in [-0.39, 0.29) is 36.4 Å². The SMILES string of the molecule is Nc1cc[nH]c(=O)c1-c1nc2c(Cc3ccc(OC(F)(F)F)c(CCCO)c3)cc(-n3ccnc3)cc2[nH]1. The zero-order valence-corrected chi connectivity index (χ0v) is 19.9. The maximum atomic E-state index is 12.9. The van der Waals surface area contributed by atoms with Crippen LogP contribution in [0.3, 0.4) is 0 Å². The molecule has 12 heteroatoms. The molecular formula is C26H23F3N6O3. The number of aromatic nitrogens is 5. The maximum Gasteiger partial charge on any atom is 0.573 e. The number of hydrogen-bond acceptors (Lipinski definition) is 6. The number of nitrogens with two attached hydrogens (primary N) is 1. The Balaban J connectivity index is 1.61. The summed E-state index contributed by atoms with van der Waals surface area (Å²) in [6, 6.07) is 9.82. The molecular weight excluding hydrogens is 501 g/mol. The average molecular weight is 525 g/mol. The Bertz CT molecular complexity index is 1640. The van der Waals surface area contributed by atoms with Crippen molar-refractivity contribution in [3.8, 4) is 22.8 Å². The Hall–Kier alpha value is -4.58. The van der Waals surface area contributed by atoms with Crippen LogP contribution in [0.2, 0.25) is 0 Å². The number of fused-ring (bicyclic) bond motifs is 1. The van der Waals surface area contributed by atoms with Gasteiger partial charge < -0.3 is 30.1 Å². The summed E-state index contributed by atoms with van der Waals surface area (Å²) in [4.78, 5) is 27.0. The maximum absolute atomic E-state index is 12.9. The summed E-state index contributed by atoms with van der Waals surface area (Å²) >= 11 is 0. The zero-order chi connectivity index (χ0) is 26.9. The number of pyridine rings is 1. The van der Waals surface area contributed by atoms with Gasteiger partial charge in [0.15, 0.2) is 0 Å². The molecule has 3 aromatic heterocycles. The number of anilines is 1. The van der Waals surface area contributed by atoms with Gasteiger partial charge in [-0.15, -0.1) is 13.2 Å². The number of H-pyrrole nitrogens is 2. The lowest BCUT2D eigenvalue weighted by atomic mass is 9.99. The summed E-state index contributed by atoms with van der Waals surface area (Å²) in [6.07, 6.45) is 2.49. The highest BCUT2D eigenvalue weighted by Gasteiger charge is 2.32. The third-order valence-electron chi connectivity index (χ3n) is 6.03. The van der Waals surface area contributed by atoms with Gasteiger partial charge in [-0.05, 0) is 60.2 Å². The Morgan fingerprint density at radius 3 is 2.68 bits per heavy atom. The number of ether oxygens (including phenoxy) is 1. The van der Waals surface area contributed by atoms with E-state index in [0.29, 0.717) is 28.8 Å². The van der Waals surface area contributed by atoms with E-state index in [0.717, 1.165) is 16.8 Å². The fourth-order valence-corrected chi connectivity index (χ4v) is 4.38. The molecule has 0 aliphatic heterocycles. The molecule has 0 saturated heterocycles. The Morgan fingerprint density at radius 1 is 1.13 bits per heavy atom. The first-order chi connectivity index (χ1) is 18.2. The number of alkyl halides is 3. The summed E-state index contributed by atoms with van der Waals surface area (Å²) in [5, 5.41) is 9.21. The smallest absolute Gasteiger partial charge is 0.406 e. The molecule has 5 N–H and O–H groups in total. The minimum absolute atomic E-state index is 0.166. The number of hydrogen-bond donors (Lipinski definition) is 4. The molecule has 0 atom stereocenters. The standard InChI is InChI=1S/C26H23F3N6O3/c27-26(28,29)38-21-4-3-15(10-16(21)2-1-9-36)11-17-12-18(35-8-7-31-14-35)13-20-23(17)34-24(33-20)22-19(30)5-6-32-25(22)37/h3-8,10,12-14,36H,1-2,9,11H2,(H,33,34)(H3,30,32,37). The van der Waals surface area contributed by atoms with Crippen molar-refractivity contribution in [2.24, 2.45) is 0 Å². The predicted octanol–water partition coefficient (Wildman–Crippen LogP) is 4.10. The number of rotatable bonds is 8. The quantitative estimate of drug-likeness (QED) is 0.241. The van der Waals surface area contributed by atoms with Crippen molar-refractivity contribution in [2.75, 3.05) is 12.3 Å². The van der Waals surface area contributed by atoms with E-state index in [1.807, 2.05) is 12.1 Å². The van der Waals surface area contributed by atoms with Gasteiger partial charge in [-0.3, -0.25) is 4.79 Å². The second-order valence-corrected chi connectivity index (χ2v) is 8.69. The second-order valence-electron chi connectivity index (χ2n) is 8.69. The van der Waals surface area contributed by atoms with Crippen molar-refractivity contribution >= 4 is 16.7 Å². The number of aromatic amines is 2. The number of imidazole rings is 2. The average Bonchev–Trinajstić information content (AvgIpc) is 3.53. The Labute approximate surface area is 213 Å². The van der Waals surface area contributed by atoms with Crippen LogP contribution in [0.4, 0.5) is 18.9 Å². The van der Waals surface area contributed by atoms with Gasteiger partial charge in [-0.25, -0.2) is 9.97 Å². The minimum atomic E-state index is -4.83. The number of aliphatic hydroxyl groups excluding tert-OH is 1. The van der Waals surface area contributed by atoms with Crippen molar-refractivity contribution in [1.82, 2.24) is 24.5 Å². The third kappa shape index (κ3) is 5.25. The van der Waals surface area contributed by atoms with Crippen LogP contribution in [0.5, 0.6) is 5.75 Å². The zero-order valence-electron chi connectivity index (χ0n) is 19.9. The van der Waals surface area contributed by atoms with Crippen LogP contribution in [-0.2, 0) is 12.8 Å². The van der Waals surface area contributed by atoms with Crippen molar-refractivity contribution in [1.29, 1.82) is 0 Å². The van der Waals surface area contributed by atoms with Gasteiger partial charge in [0, 0.05) is 36.6 Å². The minimum Gasteiger partial charge on any atom is -0.406 e. The van der Waals surface area contributed by atoms with Gasteiger partial charge in [-0.2, -0.15) is 0 Å². The van der Waals surface area contributed by atoms with Crippen LogP contribution >= 0.6 is 0 Å². The highest BCUT2D eigenvalue weighted by molar-refractivity contribution is 5.86. The van der Waals surface area contributed by atoms with E-state index in [2.05, 4.69) is 24.7 Å². The van der Waals surface area contributed by atoms with Gasteiger partial charge in [0.2, 0.25) is 0 Å². The van der Waals surface area contributed by atoms with E-state index in [9.17, 15) is 23.1 Å². The van der Waals surface area contributed by atoms with Crippen LogP contribution in [0.15, 0.2) is 66.1 Å². The molecule has 5 rings (SSSR count). The topological polar surface area (TPSA) is 135 Å². The molecule has 0 amide bonds. The van der Waals surface area contributed by atoms with Crippen LogP contribution in [0, 0.1) is 0 Å². The largest absolute Gasteiger partial charge is 0.573 e. The summed E-state index contributed by atoms with van der Waals surface area (Å²) in [7, 11) is 0. The molecule has 38 heavy (non-hydrogen) atoms. The number of nitrogens with one attached hydrogen (secondary N) is 2. The molecule has 9 nitrogen and oxygen atoms in total. The van der Waals surface area contributed by atoms with Gasteiger partial charge in [-0.1, -0.05) is 12.1 Å². The van der Waals surface area contributed by atoms with Crippen molar-refractivity contribution in [3.63, 3.8) is 0 Å². The Morgan fingerprint density at radius 2 is 1.97 bits per heavy atom. The van der Waals surface area contributed by atoms with Gasteiger partial charge in [0.05, 0.1) is 17.4 Å². The van der Waals surface area contributed by atoms with E-state index in [4.69, 9.17) is 5.73 Å². The normalized spacial score (nSPS) is 11.8. The highest BCUT2D eigenvalue weighted by Crippen LogP contribution is 2.31. The number of aliphatic hydroxyl groups is 1. The molecule has 2 aromatic carbocycles. The molecule has 0 bridgehead atoms. The predicted molar refractivity (Wildman–Crippen MR) is 135 cm³/mol. The molecule has 196 valence electrons. The van der Waals surface area contributed by atoms with E-state index < -0.39 is 11.9 Å². The van der Waals surface area contributed by atoms with E-state index in [1.54, 1.807) is 41.5 Å². The summed E-state index contributed by atoms with van der Waals surface area (Å²) < 4.78 is 44.8. The molecule has 5 aromatic rings. The lowest BCUT2D eigenvalue weighted by Gasteiger charge is -2.15. The molecule has 0 fully saturated rings. The molecule has 0 unspecified atom stereocenters. The number of aryl methyl sites for hydroxylation is 1.